The fraction of sp³-hybridized carbons (Fsp3) is 0.455. The van der Waals surface area contributed by atoms with Crippen LogP contribution >= 0.6 is 11.6 Å². The van der Waals surface area contributed by atoms with Crippen molar-refractivity contribution in [3.63, 3.8) is 0 Å². The first-order chi connectivity index (χ1) is 8.56. The van der Waals surface area contributed by atoms with Crippen molar-refractivity contribution in [3.05, 3.63) is 23.0 Å². The summed E-state index contributed by atoms with van der Waals surface area (Å²) in [5, 5.41) is 3.12. The molecule has 0 unspecified atom stereocenters. The Morgan fingerprint density at radius 1 is 1.50 bits per heavy atom. The second kappa shape index (κ2) is 5.67. The average molecular weight is 288 g/mol. The highest BCUT2D eigenvalue weighted by atomic mass is 35.5. The van der Waals surface area contributed by atoms with Gasteiger partial charge in [0.15, 0.2) is 0 Å². The number of amides is 1. The van der Waals surface area contributed by atoms with Crippen LogP contribution in [0.3, 0.4) is 0 Å². The van der Waals surface area contributed by atoms with Gasteiger partial charge in [0.05, 0.1) is 17.4 Å². The average Bonchev–Trinajstić information content (AvgIpc) is 2.35. The fourth-order valence-electron chi connectivity index (χ4n) is 1.84. The SMILES string of the molecule is Nc1cnc(Cl)cc1C(=O)NC1CCS(=O)CC1. The molecule has 1 fully saturated rings. The highest BCUT2D eigenvalue weighted by Crippen LogP contribution is 2.16. The van der Waals surface area contributed by atoms with Gasteiger partial charge in [0, 0.05) is 28.3 Å². The number of carbonyl (C=O) groups excluding carboxylic acids is 1. The normalized spacial score (nSPS) is 23.6. The molecule has 0 radical (unpaired) electrons. The first-order valence-electron chi connectivity index (χ1n) is 5.63. The third-order valence-corrected chi connectivity index (χ3v) is 4.46. The van der Waals surface area contributed by atoms with Gasteiger partial charge >= 0.3 is 0 Å². The number of nitrogens with zero attached hydrogens (tertiary/aromatic N) is 1. The molecule has 0 aliphatic carbocycles. The van der Waals surface area contributed by atoms with Crippen LogP contribution < -0.4 is 11.1 Å². The molecule has 0 bridgehead atoms. The molecule has 0 aromatic carbocycles. The number of hydrogen-bond acceptors (Lipinski definition) is 4. The Kier molecular flexibility index (Phi) is 4.19. The van der Waals surface area contributed by atoms with Crippen molar-refractivity contribution in [2.24, 2.45) is 0 Å². The molecule has 3 N–H and O–H groups in total. The van der Waals surface area contributed by atoms with Crippen LogP contribution in [0.5, 0.6) is 0 Å². The molecule has 1 aliphatic heterocycles. The Morgan fingerprint density at radius 2 is 2.17 bits per heavy atom. The second-order valence-corrected chi connectivity index (χ2v) is 6.27. The molecule has 1 saturated heterocycles. The Morgan fingerprint density at radius 3 is 2.83 bits per heavy atom. The fourth-order valence-corrected chi connectivity index (χ4v) is 3.30. The number of nitrogens with two attached hydrogens (primary N) is 1. The third-order valence-electron chi connectivity index (χ3n) is 2.87. The van der Waals surface area contributed by atoms with E-state index in [2.05, 4.69) is 10.3 Å². The summed E-state index contributed by atoms with van der Waals surface area (Å²) in [4.78, 5) is 15.8. The lowest BCUT2D eigenvalue weighted by molar-refractivity contribution is 0.0935. The maximum Gasteiger partial charge on any atom is 0.253 e. The lowest BCUT2D eigenvalue weighted by Crippen LogP contribution is -2.39. The smallest absolute Gasteiger partial charge is 0.253 e. The Balaban J connectivity index is 2.03. The van der Waals surface area contributed by atoms with Crippen LogP contribution in [0.1, 0.15) is 23.2 Å². The first kappa shape index (κ1) is 13.3. The first-order valence-corrected chi connectivity index (χ1v) is 7.49. The van der Waals surface area contributed by atoms with Gasteiger partial charge in [0.1, 0.15) is 5.15 Å². The van der Waals surface area contributed by atoms with Crippen molar-refractivity contribution >= 4 is 34.0 Å². The maximum absolute atomic E-state index is 12.0. The van der Waals surface area contributed by atoms with E-state index in [1.54, 1.807) is 0 Å². The van der Waals surface area contributed by atoms with Crippen LogP contribution in [0.2, 0.25) is 5.15 Å². The summed E-state index contributed by atoms with van der Waals surface area (Å²) in [5.74, 6) is 1.02. The van der Waals surface area contributed by atoms with E-state index in [4.69, 9.17) is 17.3 Å². The van der Waals surface area contributed by atoms with Crippen LogP contribution in [0.15, 0.2) is 12.3 Å². The summed E-state index contributed by atoms with van der Waals surface area (Å²) in [6, 6.07) is 1.51. The van der Waals surface area contributed by atoms with Crippen molar-refractivity contribution in [1.82, 2.24) is 10.3 Å². The molecule has 5 nitrogen and oxygen atoms in total. The molecular weight excluding hydrogens is 274 g/mol. The number of aromatic nitrogens is 1. The Bertz CT molecular complexity index is 485. The van der Waals surface area contributed by atoms with Gasteiger partial charge in [-0.05, 0) is 18.9 Å². The topological polar surface area (TPSA) is 85.1 Å². The molecule has 1 aromatic rings. The minimum atomic E-state index is -0.735. The van der Waals surface area contributed by atoms with Gasteiger partial charge in [-0.25, -0.2) is 4.98 Å². The number of halogens is 1. The van der Waals surface area contributed by atoms with E-state index >= 15 is 0 Å². The van der Waals surface area contributed by atoms with Crippen molar-refractivity contribution in [3.8, 4) is 0 Å². The summed E-state index contributed by atoms with van der Waals surface area (Å²) in [6.45, 7) is 0. The zero-order chi connectivity index (χ0) is 13.1. The van der Waals surface area contributed by atoms with Gasteiger partial charge < -0.3 is 11.1 Å². The summed E-state index contributed by atoms with van der Waals surface area (Å²) in [7, 11) is -0.735. The molecule has 98 valence electrons. The summed E-state index contributed by atoms with van der Waals surface area (Å²) >= 11 is 5.74. The molecule has 1 aliphatic rings. The minimum absolute atomic E-state index is 0.0570. The summed E-state index contributed by atoms with van der Waals surface area (Å²) < 4.78 is 11.2. The van der Waals surface area contributed by atoms with Crippen molar-refractivity contribution in [2.45, 2.75) is 18.9 Å². The van der Waals surface area contributed by atoms with Crippen LogP contribution in [0.25, 0.3) is 0 Å². The summed E-state index contributed by atoms with van der Waals surface area (Å²) in [5.41, 5.74) is 6.32. The molecule has 0 spiro atoms. The number of pyridine rings is 1. The largest absolute Gasteiger partial charge is 0.397 e. The predicted molar refractivity (Wildman–Crippen MR) is 72.0 cm³/mol. The monoisotopic (exact) mass is 287 g/mol. The molecule has 7 heteroatoms. The Hall–Kier alpha value is -1.14. The molecule has 18 heavy (non-hydrogen) atoms. The standard InChI is InChI=1S/C11H14ClN3O2S/c12-10-5-8(9(13)6-14-10)11(16)15-7-1-3-18(17)4-2-7/h5-7H,1-4,13H2,(H,15,16). The zero-order valence-corrected chi connectivity index (χ0v) is 11.3. The number of anilines is 1. The van der Waals surface area contributed by atoms with Crippen molar-refractivity contribution in [2.75, 3.05) is 17.2 Å². The highest BCUT2D eigenvalue weighted by Gasteiger charge is 2.21. The van der Waals surface area contributed by atoms with Crippen LogP contribution in [0, 0.1) is 0 Å². The molecule has 0 saturated carbocycles. The molecular formula is C11H14ClN3O2S. The second-order valence-electron chi connectivity index (χ2n) is 4.19. The molecule has 1 aromatic heterocycles. The van der Waals surface area contributed by atoms with E-state index in [1.165, 1.54) is 12.3 Å². The van der Waals surface area contributed by atoms with E-state index in [9.17, 15) is 9.00 Å². The zero-order valence-electron chi connectivity index (χ0n) is 9.69. The molecule has 2 heterocycles. The number of rotatable bonds is 2. The van der Waals surface area contributed by atoms with E-state index in [0.717, 1.165) is 12.8 Å². The molecule has 2 rings (SSSR count). The van der Waals surface area contributed by atoms with Gasteiger partial charge in [-0.2, -0.15) is 0 Å². The third kappa shape index (κ3) is 3.20. The lowest BCUT2D eigenvalue weighted by Gasteiger charge is -2.22. The Labute approximate surface area is 113 Å². The van der Waals surface area contributed by atoms with E-state index in [0.29, 0.717) is 22.8 Å². The van der Waals surface area contributed by atoms with Gasteiger partial charge in [-0.15, -0.1) is 0 Å². The quantitative estimate of drug-likeness (QED) is 0.794. The molecule has 0 atom stereocenters. The maximum atomic E-state index is 12.0. The van der Waals surface area contributed by atoms with Crippen LogP contribution in [0.4, 0.5) is 5.69 Å². The van der Waals surface area contributed by atoms with E-state index in [1.807, 2.05) is 0 Å². The van der Waals surface area contributed by atoms with E-state index < -0.39 is 10.8 Å². The van der Waals surface area contributed by atoms with Gasteiger partial charge in [-0.1, -0.05) is 11.6 Å². The van der Waals surface area contributed by atoms with Gasteiger partial charge in [-0.3, -0.25) is 9.00 Å². The summed E-state index contributed by atoms with van der Waals surface area (Å²) in [6.07, 6.45) is 2.83. The van der Waals surface area contributed by atoms with Gasteiger partial charge in [0.2, 0.25) is 0 Å². The predicted octanol–water partition coefficient (Wildman–Crippen LogP) is 0.958. The highest BCUT2D eigenvalue weighted by molar-refractivity contribution is 7.85. The number of carbonyl (C=O) groups is 1. The number of hydrogen-bond donors (Lipinski definition) is 2. The van der Waals surface area contributed by atoms with Crippen LogP contribution in [-0.4, -0.2) is 32.6 Å². The van der Waals surface area contributed by atoms with Gasteiger partial charge in [0.25, 0.3) is 5.91 Å². The van der Waals surface area contributed by atoms with Crippen molar-refractivity contribution < 1.29 is 9.00 Å². The van der Waals surface area contributed by atoms with E-state index in [-0.39, 0.29) is 17.1 Å². The lowest BCUT2D eigenvalue weighted by atomic mass is 10.1. The van der Waals surface area contributed by atoms with Crippen LogP contribution in [-0.2, 0) is 10.8 Å². The number of nitrogen functional groups attached to an aromatic ring is 1. The molecule has 1 amide bonds. The number of nitrogens with one attached hydrogen (secondary N) is 1. The minimum Gasteiger partial charge on any atom is -0.397 e. The van der Waals surface area contributed by atoms with Crippen molar-refractivity contribution in [1.29, 1.82) is 0 Å².